The Morgan fingerprint density at radius 3 is 2.13 bits per heavy atom. The van der Waals surface area contributed by atoms with Crippen molar-refractivity contribution in [3.8, 4) is 0 Å². The molecule has 0 radical (unpaired) electrons. The standard InChI is InChI=1S/C28H49NO2.C25H23N3O/c1-17(7-8-22(31)16-29-6)23-9-10-24-26-18(2)13-20-15-21(30)11-12-27(20,4)25(26)14-19(3)28(23,24)5;29-25(20-13-5-2-6-14-20)23(21-15-7-9-17-26-21)24(19-11-3-1-4-12-19)28-22-16-8-10-18-27-22/h17-21,23-26,29-30H,7-16H2,1-6H3;1-18,23-25,29H,(H,27,28)/t17?,18?,19?,20-,21?,23?,24+,25+,26+,27+,28-;/m1./s1. The summed E-state index contributed by atoms with van der Waals surface area (Å²) in [5, 5.41) is 28.4. The van der Waals surface area contributed by atoms with E-state index in [1.54, 1.807) is 12.4 Å². The van der Waals surface area contributed by atoms with Crippen molar-refractivity contribution in [3.05, 3.63) is 126 Å². The van der Waals surface area contributed by atoms with E-state index in [-0.39, 0.29) is 18.1 Å². The normalized spacial score (nSPS) is 32.7. The molecule has 7 nitrogen and oxygen atoms in total. The molecule has 60 heavy (non-hydrogen) atoms. The molecule has 7 heteroatoms. The predicted molar refractivity (Wildman–Crippen MR) is 243 cm³/mol. The number of likely N-dealkylation sites (N-methyl/N-ethyl adjacent to an activating group) is 1. The Labute approximate surface area is 360 Å². The largest absolute Gasteiger partial charge is 0.393 e. The number of pyridine rings is 2. The number of aliphatic hydroxyl groups excluding tert-OH is 2. The first kappa shape index (κ1) is 44.2. The van der Waals surface area contributed by atoms with Crippen molar-refractivity contribution in [2.45, 2.75) is 117 Å². The maximum Gasteiger partial charge on any atom is 0.146 e. The van der Waals surface area contributed by atoms with Crippen LogP contribution in [-0.2, 0) is 4.79 Å². The van der Waals surface area contributed by atoms with Gasteiger partial charge < -0.3 is 20.8 Å². The predicted octanol–water partition coefficient (Wildman–Crippen LogP) is 10.9. The van der Waals surface area contributed by atoms with Crippen LogP contribution in [0.5, 0.6) is 0 Å². The van der Waals surface area contributed by atoms with Crippen molar-refractivity contribution >= 4 is 11.6 Å². The minimum absolute atomic E-state index is 0.0598. The third-order valence-electron chi connectivity index (χ3n) is 16.6. The van der Waals surface area contributed by atoms with E-state index in [2.05, 4.69) is 67.4 Å². The molecule has 8 rings (SSSR count). The van der Waals surface area contributed by atoms with Crippen LogP contribution in [0, 0.1) is 58.2 Å². The molecule has 322 valence electrons. The number of aliphatic hydroxyl groups is 2. The quantitative estimate of drug-likeness (QED) is 0.106. The average molecular weight is 813 g/mol. The molecule has 14 atom stereocenters. The van der Waals surface area contributed by atoms with E-state index in [0.717, 1.165) is 89.7 Å². The maximum atomic E-state index is 12.1. The zero-order valence-electron chi connectivity index (χ0n) is 37.1. The van der Waals surface area contributed by atoms with Gasteiger partial charge in [0.2, 0.25) is 0 Å². The van der Waals surface area contributed by atoms with Gasteiger partial charge in [0.05, 0.1) is 30.7 Å². The molecule has 0 amide bonds. The minimum atomic E-state index is -0.743. The molecular weight excluding hydrogens is 741 g/mol. The summed E-state index contributed by atoms with van der Waals surface area (Å²) < 4.78 is 0. The Morgan fingerprint density at radius 1 is 0.817 bits per heavy atom. The van der Waals surface area contributed by atoms with Crippen LogP contribution in [0.3, 0.4) is 0 Å². The van der Waals surface area contributed by atoms with E-state index < -0.39 is 6.10 Å². The summed E-state index contributed by atoms with van der Waals surface area (Å²) in [4.78, 5) is 21.2. The second kappa shape index (κ2) is 19.4. The lowest BCUT2D eigenvalue weighted by molar-refractivity contribution is -0.168. The summed E-state index contributed by atoms with van der Waals surface area (Å²) in [6, 6.07) is 31.2. The van der Waals surface area contributed by atoms with Gasteiger partial charge in [0, 0.05) is 24.5 Å². The number of fused-ring (bicyclic) bond motifs is 5. The summed E-state index contributed by atoms with van der Waals surface area (Å²) >= 11 is 0. The Hall–Kier alpha value is -3.91. The molecule has 4 fully saturated rings. The van der Waals surface area contributed by atoms with Crippen LogP contribution in [0.4, 0.5) is 5.82 Å². The average Bonchev–Trinajstić information content (AvgIpc) is 3.63. The number of ketones is 1. The number of aromatic nitrogens is 2. The zero-order valence-corrected chi connectivity index (χ0v) is 37.1. The first-order valence-corrected chi connectivity index (χ1v) is 23.2. The molecule has 2 heterocycles. The topological polar surface area (TPSA) is 107 Å². The Morgan fingerprint density at radius 2 is 1.48 bits per heavy atom. The van der Waals surface area contributed by atoms with Crippen molar-refractivity contribution in [2.75, 3.05) is 18.9 Å². The van der Waals surface area contributed by atoms with Crippen molar-refractivity contribution in [1.82, 2.24) is 15.3 Å². The third kappa shape index (κ3) is 9.15. The minimum Gasteiger partial charge on any atom is -0.393 e. The molecule has 4 N–H and O–H groups in total. The lowest BCUT2D eigenvalue weighted by atomic mass is 9.40. The van der Waals surface area contributed by atoms with Gasteiger partial charge in [-0.1, -0.05) is 107 Å². The van der Waals surface area contributed by atoms with Crippen LogP contribution in [0.25, 0.3) is 0 Å². The monoisotopic (exact) mass is 813 g/mol. The third-order valence-corrected chi connectivity index (χ3v) is 16.6. The highest BCUT2D eigenvalue weighted by molar-refractivity contribution is 5.80. The Bertz CT molecular complexity index is 1930. The van der Waals surface area contributed by atoms with E-state index in [4.69, 9.17) is 0 Å². The molecule has 4 saturated carbocycles. The van der Waals surface area contributed by atoms with Crippen molar-refractivity contribution in [3.63, 3.8) is 0 Å². The molecule has 4 aromatic rings. The van der Waals surface area contributed by atoms with Crippen LogP contribution in [0.2, 0.25) is 0 Å². The second-order valence-electron chi connectivity index (χ2n) is 19.8. The van der Waals surface area contributed by atoms with Crippen molar-refractivity contribution in [2.24, 2.45) is 58.2 Å². The Balaban J connectivity index is 0.000000182. The highest BCUT2D eigenvalue weighted by Gasteiger charge is 2.64. The van der Waals surface area contributed by atoms with Crippen molar-refractivity contribution in [1.29, 1.82) is 0 Å². The van der Waals surface area contributed by atoms with Crippen LogP contribution in [-0.4, -0.2) is 45.7 Å². The summed E-state index contributed by atoms with van der Waals surface area (Å²) in [7, 11) is 1.87. The maximum absolute atomic E-state index is 12.1. The van der Waals surface area contributed by atoms with E-state index in [1.165, 1.54) is 32.1 Å². The molecule has 0 spiro atoms. The number of carbonyl (C=O) groups is 1. The van der Waals surface area contributed by atoms with E-state index in [9.17, 15) is 15.0 Å². The van der Waals surface area contributed by atoms with Gasteiger partial charge in [-0.15, -0.1) is 0 Å². The van der Waals surface area contributed by atoms with Gasteiger partial charge in [0.1, 0.15) is 11.6 Å². The van der Waals surface area contributed by atoms with Gasteiger partial charge in [-0.05, 0) is 152 Å². The highest BCUT2D eigenvalue weighted by atomic mass is 16.3. The molecule has 4 aliphatic rings. The molecule has 0 aliphatic heterocycles. The molecule has 4 aliphatic carbocycles. The van der Waals surface area contributed by atoms with Crippen LogP contribution >= 0.6 is 0 Å². The van der Waals surface area contributed by atoms with Gasteiger partial charge in [0.25, 0.3) is 0 Å². The molecule has 8 unspecified atom stereocenters. The summed E-state index contributed by atoms with van der Waals surface area (Å²) in [5.74, 6) is 7.03. The van der Waals surface area contributed by atoms with Crippen LogP contribution in [0.1, 0.15) is 127 Å². The first-order valence-electron chi connectivity index (χ1n) is 23.2. The van der Waals surface area contributed by atoms with Crippen molar-refractivity contribution < 1.29 is 15.0 Å². The Kier molecular flexibility index (Phi) is 14.3. The number of benzene rings is 2. The van der Waals surface area contributed by atoms with Gasteiger partial charge in [-0.2, -0.15) is 0 Å². The number of hydrogen-bond acceptors (Lipinski definition) is 7. The highest BCUT2D eigenvalue weighted by Crippen LogP contribution is 2.71. The molecule has 2 aromatic carbocycles. The fraction of sp³-hybridized carbons (Fsp3) is 0.566. The molecular formula is C53H72N4O3. The van der Waals surface area contributed by atoms with Crippen LogP contribution < -0.4 is 10.6 Å². The lowest BCUT2D eigenvalue weighted by Gasteiger charge is -2.64. The van der Waals surface area contributed by atoms with E-state index >= 15 is 0 Å². The number of carbonyl (C=O) groups excluding carboxylic acids is 1. The van der Waals surface area contributed by atoms with Gasteiger partial charge in [-0.3, -0.25) is 9.78 Å². The molecule has 2 aromatic heterocycles. The summed E-state index contributed by atoms with van der Waals surface area (Å²) in [6.07, 6.45) is 13.3. The molecule has 0 saturated heterocycles. The first-order chi connectivity index (χ1) is 28.9. The fourth-order valence-electron chi connectivity index (χ4n) is 13.4. The number of nitrogens with one attached hydrogen (secondary N) is 2. The van der Waals surface area contributed by atoms with Crippen LogP contribution in [0.15, 0.2) is 109 Å². The van der Waals surface area contributed by atoms with Gasteiger partial charge >= 0.3 is 0 Å². The summed E-state index contributed by atoms with van der Waals surface area (Å²) in [5.41, 5.74) is 3.60. The number of anilines is 1. The fourth-order valence-corrected chi connectivity index (χ4v) is 13.4. The number of nitrogens with zero attached hydrogens (tertiary/aromatic N) is 2. The van der Waals surface area contributed by atoms with Gasteiger partial charge in [-0.25, -0.2) is 4.98 Å². The van der Waals surface area contributed by atoms with Gasteiger partial charge in [0.15, 0.2) is 0 Å². The smallest absolute Gasteiger partial charge is 0.146 e. The number of rotatable bonds is 13. The lowest BCUT2D eigenvalue weighted by Crippen LogP contribution is -2.58. The summed E-state index contributed by atoms with van der Waals surface area (Å²) in [6.45, 7) is 13.3. The zero-order chi connectivity index (χ0) is 42.4. The second-order valence-corrected chi connectivity index (χ2v) is 19.8. The van der Waals surface area contributed by atoms with E-state index in [0.29, 0.717) is 29.1 Å². The number of hydrogen-bond donors (Lipinski definition) is 4. The SMILES string of the molecule is CNCC(=O)CCC(C)C1CC[C@H]2[C@@H]3C(C)C[C@@H]4CC(O)CC[C@]4(C)[C@H]3CC(C)[C@]12C.OC(c1ccccc1)C(c1ccccn1)C(Nc1ccccn1)c1ccccc1. The van der Waals surface area contributed by atoms with E-state index in [1.807, 2.05) is 92.0 Å². The number of Topliss-reactive ketones (excluding diaryl/α,β-unsaturated/α-hetero) is 1. The molecule has 0 bridgehead atoms.